The summed E-state index contributed by atoms with van der Waals surface area (Å²) in [4.78, 5) is 11.6. The number of anilines is 3. The van der Waals surface area contributed by atoms with Gasteiger partial charge in [0.2, 0.25) is 17.8 Å². The highest BCUT2D eigenvalue weighted by Gasteiger charge is 2.16. The summed E-state index contributed by atoms with van der Waals surface area (Å²) in [5.74, 6) is 0.742. The topological polar surface area (TPSA) is 103 Å². The van der Waals surface area contributed by atoms with E-state index in [0.717, 1.165) is 0 Å². The fraction of sp³-hybridized carbons (Fsp3) is 0.625. The summed E-state index contributed by atoms with van der Waals surface area (Å²) >= 11 is 1.64. The molecule has 1 fully saturated rings. The molecule has 1 saturated carbocycles. The van der Waals surface area contributed by atoms with Crippen LogP contribution in [0.3, 0.4) is 0 Å². The molecule has 7 heteroatoms. The van der Waals surface area contributed by atoms with Gasteiger partial charge in [-0.2, -0.15) is 15.0 Å². The van der Waals surface area contributed by atoms with Gasteiger partial charge in [-0.3, -0.25) is 4.72 Å². The second-order valence-corrected chi connectivity index (χ2v) is 4.61. The normalized spacial score (nSPS) is 16.8. The molecule has 5 N–H and O–H groups in total. The van der Waals surface area contributed by atoms with Gasteiger partial charge in [-0.1, -0.05) is 12.8 Å². The number of hydrogen-bond acceptors (Lipinski definition) is 7. The first-order valence-corrected chi connectivity index (χ1v) is 5.80. The van der Waals surface area contributed by atoms with Gasteiger partial charge in [0.05, 0.1) is 0 Å². The van der Waals surface area contributed by atoms with Crippen LogP contribution < -0.4 is 16.2 Å². The molecule has 0 radical (unpaired) electrons. The highest BCUT2D eigenvalue weighted by Crippen LogP contribution is 2.29. The van der Waals surface area contributed by atoms with E-state index in [1.165, 1.54) is 25.7 Å². The second kappa shape index (κ2) is 4.52. The van der Waals surface area contributed by atoms with Gasteiger partial charge in [-0.25, -0.2) is 0 Å². The van der Waals surface area contributed by atoms with Gasteiger partial charge in [-0.15, -0.1) is 0 Å². The zero-order valence-electron chi connectivity index (χ0n) is 8.31. The van der Waals surface area contributed by atoms with Crippen LogP contribution in [0.15, 0.2) is 0 Å². The van der Waals surface area contributed by atoms with Crippen molar-refractivity contribution in [2.45, 2.75) is 30.9 Å². The number of nitrogens with two attached hydrogens (primary N) is 2. The number of nitrogens with zero attached hydrogens (tertiary/aromatic N) is 3. The number of aromatic nitrogens is 3. The molecule has 0 saturated heterocycles. The molecule has 0 aromatic carbocycles. The number of hydrogen-bond donors (Lipinski definition) is 3. The quantitative estimate of drug-likeness (QED) is 0.661. The van der Waals surface area contributed by atoms with Crippen LogP contribution in [0.5, 0.6) is 0 Å². The molecule has 0 bridgehead atoms. The monoisotopic (exact) mass is 226 g/mol. The van der Waals surface area contributed by atoms with Crippen molar-refractivity contribution in [3.63, 3.8) is 0 Å². The van der Waals surface area contributed by atoms with Crippen LogP contribution in [0.2, 0.25) is 0 Å². The first kappa shape index (κ1) is 10.3. The standard InChI is InChI=1S/C8H14N6S/c9-6-11-7(10)13-8(12-6)14-15-5-3-1-2-4-5/h5H,1-4H2,(H5,9,10,11,12,13,14). The summed E-state index contributed by atoms with van der Waals surface area (Å²) in [6.45, 7) is 0. The molecule has 2 rings (SSSR count). The smallest absolute Gasteiger partial charge is 0.239 e. The van der Waals surface area contributed by atoms with Crippen molar-refractivity contribution in [2.24, 2.45) is 0 Å². The molecule has 0 atom stereocenters. The van der Waals surface area contributed by atoms with E-state index in [1.807, 2.05) is 0 Å². The van der Waals surface area contributed by atoms with Crippen LogP contribution in [0.25, 0.3) is 0 Å². The zero-order valence-corrected chi connectivity index (χ0v) is 9.13. The Labute approximate surface area is 92.4 Å². The Balaban J connectivity index is 1.92. The fourth-order valence-electron chi connectivity index (χ4n) is 1.60. The van der Waals surface area contributed by atoms with Gasteiger partial charge in [0.25, 0.3) is 0 Å². The first-order valence-electron chi connectivity index (χ1n) is 4.93. The average Bonchev–Trinajstić information content (AvgIpc) is 2.65. The minimum atomic E-state index is 0.150. The lowest BCUT2D eigenvalue weighted by molar-refractivity contribution is 0.886. The minimum absolute atomic E-state index is 0.150. The molecule has 0 amide bonds. The van der Waals surface area contributed by atoms with Crippen molar-refractivity contribution in [3.05, 3.63) is 0 Å². The lowest BCUT2D eigenvalue weighted by Gasteiger charge is -2.09. The zero-order chi connectivity index (χ0) is 10.7. The minimum Gasteiger partial charge on any atom is -0.368 e. The average molecular weight is 226 g/mol. The summed E-state index contributed by atoms with van der Waals surface area (Å²) < 4.78 is 3.06. The Morgan fingerprint density at radius 3 is 2.27 bits per heavy atom. The maximum Gasteiger partial charge on any atom is 0.239 e. The predicted molar refractivity (Wildman–Crippen MR) is 62.1 cm³/mol. The van der Waals surface area contributed by atoms with Crippen molar-refractivity contribution in [3.8, 4) is 0 Å². The van der Waals surface area contributed by atoms with Gasteiger partial charge < -0.3 is 11.5 Å². The fourth-order valence-corrected chi connectivity index (χ4v) is 2.53. The van der Waals surface area contributed by atoms with Crippen molar-refractivity contribution >= 4 is 29.8 Å². The number of nitrogen functional groups attached to an aromatic ring is 2. The highest BCUT2D eigenvalue weighted by atomic mass is 32.2. The van der Waals surface area contributed by atoms with Gasteiger partial charge in [0.1, 0.15) is 0 Å². The maximum absolute atomic E-state index is 5.45. The van der Waals surface area contributed by atoms with Gasteiger partial charge >= 0.3 is 0 Å². The summed E-state index contributed by atoms with van der Waals surface area (Å²) in [7, 11) is 0. The Morgan fingerprint density at radius 1 is 1.07 bits per heavy atom. The van der Waals surface area contributed by atoms with Crippen LogP contribution in [-0.4, -0.2) is 20.2 Å². The van der Waals surface area contributed by atoms with Gasteiger partial charge in [-0.05, 0) is 24.8 Å². The number of rotatable bonds is 3. The van der Waals surface area contributed by atoms with E-state index in [-0.39, 0.29) is 11.9 Å². The molecule has 1 aromatic rings. The van der Waals surface area contributed by atoms with E-state index >= 15 is 0 Å². The summed E-state index contributed by atoms with van der Waals surface area (Å²) in [5.41, 5.74) is 10.9. The molecule has 6 nitrogen and oxygen atoms in total. The van der Waals surface area contributed by atoms with E-state index in [4.69, 9.17) is 11.5 Å². The van der Waals surface area contributed by atoms with Crippen molar-refractivity contribution < 1.29 is 0 Å². The van der Waals surface area contributed by atoms with E-state index in [1.54, 1.807) is 11.9 Å². The van der Waals surface area contributed by atoms with Gasteiger partial charge in [0, 0.05) is 5.25 Å². The third kappa shape index (κ3) is 2.85. The van der Waals surface area contributed by atoms with Crippen LogP contribution >= 0.6 is 11.9 Å². The van der Waals surface area contributed by atoms with Crippen LogP contribution in [-0.2, 0) is 0 Å². The Morgan fingerprint density at radius 2 is 1.67 bits per heavy atom. The second-order valence-electron chi connectivity index (χ2n) is 3.50. The van der Waals surface area contributed by atoms with E-state index in [9.17, 15) is 0 Å². The predicted octanol–water partition coefficient (Wildman–Crippen LogP) is 1.04. The Kier molecular flexibility index (Phi) is 3.10. The van der Waals surface area contributed by atoms with Crippen molar-refractivity contribution in [1.82, 2.24) is 15.0 Å². The molecule has 1 heterocycles. The molecule has 82 valence electrons. The van der Waals surface area contributed by atoms with E-state index in [0.29, 0.717) is 11.2 Å². The van der Waals surface area contributed by atoms with Crippen molar-refractivity contribution in [2.75, 3.05) is 16.2 Å². The third-order valence-electron chi connectivity index (χ3n) is 2.29. The molecule has 15 heavy (non-hydrogen) atoms. The highest BCUT2D eigenvalue weighted by molar-refractivity contribution is 8.01. The molecule has 0 unspecified atom stereocenters. The largest absolute Gasteiger partial charge is 0.368 e. The lowest BCUT2D eigenvalue weighted by Crippen LogP contribution is -2.07. The molecule has 1 aliphatic rings. The lowest BCUT2D eigenvalue weighted by atomic mass is 10.4. The van der Waals surface area contributed by atoms with Crippen molar-refractivity contribution in [1.29, 1.82) is 0 Å². The Hall–Kier alpha value is -1.24. The SMILES string of the molecule is Nc1nc(N)nc(NSC2CCCC2)n1. The van der Waals surface area contributed by atoms with Crippen LogP contribution in [0.1, 0.15) is 25.7 Å². The van der Waals surface area contributed by atoms with Gasteiger partial charge in [0.15, 0.2) is 0 Å². The van der Waals surface area contributed by atoms with Crippen LogP contribution in [0, 0.1) is 0 Å². The summed E-state index contributed by atoms with van der Waals surface area (Å²) in [6.07, 6.45) is 5.10. The first-order chi connectivity index (χ1) is 7.24. The molecule has 1 aliphatic carbocycles. The summed E-state index contributed by atoms with van der Waals surface area (Å²) in [5, 5.41) is 0.643. The molecule has 0 spiro atoms. The summed E-state index contributed by atoms with van der Waals surface area (Å²) in [6, 6.07) is 0. The van der Waals surface area contributed by atoms with Crippen LogP contribution in [0.4, 0.5) is 17.8 Å². The molecular weight excluding hydrogens is 212 g/mol. The van der Waals surface area contributed by atoms with E-state index in [2.05, 4.69) is 19.7 Å². The molecular formula is C8H14N6S. The third-order valence-corrected chi connectivity index (χ3v) is 3.39. The number of nitrogens with one attached hydrogen (secondary N) is 1. The molecule has 0 aliphatic heterocycles. The molecule has 1 aromatic heterocycles. The van der Waals surface area contributed by atoms with E-state index < -0.39 is 0 Å². The maximum atomic E-state index is 5.45. The Bertz CT molecular complexity index is 318.